The Morgan fingerprint density at radius 3 is 2.60 bits per heavy atom. The van der Waals surface area contributed by atoms with E-state index in [1.807, 2.05) is 29.2 Å². The summed E-state index contributed by atoms with van der Waals surface area (Å²) in [6.07, 6.45) is 3.70. The van der Waals surface area contributed by atoms with E-state index in [9.17, 15) is 4.79 Å². The highest BCUT2D eigenvalue weighted by Crippen LogP contribution is 2.41. The summed E-state index contributed by atoms with van der Waals surface area (Å²) in [6.45, 7) is 2.82. The van der Waals surface area contributed by atoms with Crippen molar-refractivity contribution in [2.75, 3.05) is 6.61 Å². The van der Waals surface area contributed by atoms with Crippen molar-refractivity contribution in [1.82, 2.24) is 4.90 Å². The predicted octanol–water partition coefficient (Wildman–Crippen LogP) is 2.24. The van der Waals surface area contributed by atoms with E-state index in [0.29, 0.717) is 12.5 Å². The molecule has 4 heteroatoms. The Balaban J connectivity index is 1.78. The molecule has 4 nitrogen and oxygen atoms in total. The van der Waals surface area contributed by atoms with Gasteiger partial charge < -0.3 is 15.4 Å². The number of nitrogens with zero attached hydrogens (tertiary/aromatic N) is 1. The fraction of sp³-hybridized carbons (Fsp3) is 0.562. The number of ether oxygens (including phenoxy) is 1. The maximum Gasteiger partial charge on any atom is 0.225 e. The Kier molecular flexibility index (Phi) is 3.66. The number of benzene rings is 1. The second-order valence-corrected chi connectivity index (χ2v) is 5.76. The van der Waals surface area contributed by atoms with Gasteiger partial charge in [0.2, 0.25) is 5.91 Å². The molecule has 2 unspecified atom stereocenters. The van der Waals surface area contributed by atoms with Gasteiger partial charge in [-0.15, -0.1) is 0 Å². The molecule has 1 aromatic rings. The minimum absolute atomic E-state index is 0.0372. The van der Waals surface area contributed by atoms with Crippen LogP contribution in [0.2, 0.25) is 0 Å². The lowest BCUT2D eigenvalue weighted by atomic mass is 10.0. The Hall–Kier alpha value is -1.55. The van der Waals surface area contributed by atoms with Crippen molar-refractivity contribution in [3.8, 4) is 5.75 Å². The zero-order valence-electron chi connectivity index (χ0n) is 11.9. The van der Waals surface area contributed by atoms with Gasteiger partial charge in [-0.05, 0) is 37.0 Å². The highest BCUT2D eigenvalue weighted by molar-refractivity contribution is 5.81. The molecule has 20 heavy (non-hydrogen) atoms. The number of hydrogen-bond acceptors (Lipinski definition) is 3. The largest absolute Gasteiger partial charge is 0.494 e. The van der Waals surface area contributed by atoms with Crippen molar-refractivity contribution >= 4 is 5.91 Å². The van der Waals surface area contributed by atoms with Crippen LogP contribution < -0.4 is 10.5 Å². The van der Waals surface area contributed by atoms with Gasteiger partial charge in [-0.25, -0.2) is 0 Å². The summed E-state index contributed by atoms with van der Waals surface area (Å²) in [5, 5.41) is 0. The maximum atomic E-state index is 12.1. The average molecular weight is 274 g/mol. The van der Waals surface area contributed by atoms with Crippen molar-refractivity contribution < 1.29 is 9.53 Å². The van der Waals surface area contributed by atoms with Gasteiger partial charge >= 0.3 is 0 Å². The third-order valence-corrected chi connectivity index (χ3v) is 4.04. The van der Waals surface area contributed by atoms with Crippen molar-refractivity contribution in [2.24, 2.45) is 5.73 Å². The normalized spacial score (nSPS) is 26.1. The van der Waals surface area contributed by atoms with Gasteiger partial charge in [0.1, 0.15) is 5.75 Å². The molecule has 1 saturated heterocycles. The van der Waals surface area contributed by atoms with Crippen molar-refractivity contribution in [3.05, 3.63) is 29.8 Å². The van der Waals surface area contributed by atoms with E-state index in [4.69, 9.17) is 10.5 Å². The SMILES string of the molecule is CCCOc1ccc(C2C(N)CC(=O)N2C2CC2)cc1. The Morgan fingerprint density at radius 2 is 2.00 bits per heavy atom. The first-order chi connectivity index (χ1) is 9.70. The summed E-state index contributed by atoms with van der Waals surface area (Å²) >= 11 is 0. The van der Waals surface area contributed by atoms with Crippen LogP contribution in [0.3, 0.4) is 0 Å². The quantitative estimate of drug-likeness (QED) is 0.896. The van der Waals surface area contributed by atoms with E-state index in [-0.39, 0.29) is 18.0 Å². The lowest BCUT2D eigenvalue weighted by Crippen LogP contribution is -2.34. The van der Waals surface area contributed by atoms with Gasteiger partial charge in [-0.2, -0.15) is 0 Å². The number of carbonyl (C=O) groups excluding carboxylic acids is 1. The Bertz CT molecular complexity index is 482. The number of rotatable bonds is 5. The van der Waals surface area contributed by atoms with E-state index in [1.165, 1.54) is 0 Å². The first kappa shape index (κ1) is 13.4. The van der Waals surface area contributed by atoms with Crippen LogP contribution in [-0.4, -0.2) is 29.5 Å². The van der Waals surface area contributed by atoms with Crippen LogP contribution in [0.4, 0.5) is 0 Å². The third-order valence-electron chi connectivity index (χ3n) is 4.04. The summed E-state index contributed by atoms with van der Waals surface area (Å²) in [6, 6.07) is 8.40. The topological polar surface area (TPSA) is 55.6 Å². The molecule has 1 heterocycles. The van der Waals surface area contributed by atoms with Gasteiger partial charge in [0.05, 0.1) is 12.6 Å². The van der Waals surface area contributed by atoms with Crippen LogP contribution in [0.15, 0.2) is 24.3 Å². The monoisotopic (exact) mass is 274 g/mol. The number of nitrogens with two attached hydrogens (primary N) is 1. The van der Waals surface area contributed by atoms with E-state index in [1.54, 1.807) is 0 Å². The molecule has 1 saturated carbocycles. The summed E-state index contributed by atoms with van der Waals surface area (Å²) in [5.74, 6) is 1.09. The summed E-state index contributed by atoms with van der Waals surface area (Å²) in [4.78, 5) is 14.1. The zero-order valence-corrected chi connectivity index (χ0v) is 11.9. The number of amides is 1. The minimum Gasteiger partial charge on any atom is -0.494 e. The molecule has 2 aliphatic rings. The van der Waals surface area contributed by atoms with Gasteiger partial charge in [0.15, 0.2) is 0 Å². The van der Waals surface area contributed by atoms with Crippen LogP contribution in [0.5, 0.6) is 5.75 Å². The van der Waals surface area contributed by atoms with E-state index < -0.39 is 0 Å². The molecule has 1 aromatic carbocycles. The molecule has 2 N–H and O–H groups in total. The Morgan fingerprint density at radius 1 is 1.30 bits per heavy atom. The fourth-order valence-corrected chi connectivity index (χ4v) is 2.95. The molecular weight excluding hydrogens is 252 g/mol. The molecule has 0 spiro atoms. The fourth-order valence-electron chi connectivity index (χ4n) is 2.95. The Labute approximate surface area is 119 Å². The number of likely N-dealkylation sites (tertiary alicyclic amines) is 1. The van der Waals surface area contributed by atoms with Gasteiger partial charge in [-0.1, -0.05) is 19.1 Å². The van der Waals surface area contributed by atoms with Crippen LogP contribution in [0.1, 0.15) is 44.2 Å². The van der Waals surface area contributed by atoms with Crippen LogP contribution in [-0.2, 0) is 4.79 Å². The van der Waals surface area contributed by atoms with E-state index in [0.717, 1.165) is 37.2 Å². The molecule has 1 amide bonds. The molecule has 1 aliphatic carbocycles. The van der Waals surface area contributed by atoms with Crippen molar-refractivity contribution in [3.63, 3.8) is 0 Å². The van der Waals surface area contributed by atoms with Gasteiger partial charge in [0, 0.05) is 18.5 Å². The standard InChI is InChI=1S/C16H22N2O2/c1-2-9-20-13-7-3-11(4-8-13)16-14(17)10-15(19)18(16)12-5-6-12/h3-4,7-8,12,14,16H,2,5-6,9-10,17H2,1H3. The first-order valence-corrected chi connectivity index (χ1v) is 7.50. The van der Waals surface area contributed by atoms with Crippen LogP contribution in [0, 0.1) is 0 Å². The molecule has 2 fully saturated rings. The predicted molar refractivity (Wildman–Crippen MR) is 77.4 cm³/mol. The molecule has 1 aliphatic heterocycles. The summed E-state index contributed by atoms with van der Waals surface area (Å²) in [7, 11) is 0. The van der Waals surface area contributed by atoms with Crippen molar-refractivity contribution in [1.29, 1.82) is 0 Å². The molecule has 2 atom stereocenters. The number of carbonyl (C=O) groups is 1. The molecule has 0 bridgehead atoms. The lowest BCUT2D eigenvalue weighted by Gasteiger charge is -2.27. The van der Waals surface area contributed by atoms with E-state index >= 15 is 0 Å². The van der Waals surface area contributed by atoms with Gasteiger partial charge in [-0.3, -0.25) is 4.79 Å². The first-order valence-electron chi connectivity index (χ1n) is 7.50. The van der Waals surface area contributed by atoms with Crippen molar-refractivity contribution in [2.45, 2.75) is 50.7 Å². The molecule has 0 aromatic heterocycles. The second-order valence-electron chi connectivity index (χ2n) is 5.76. The van der Waals surface area contributed by atoms with E-state index in [2.05, 4.69) is 6.92 Å². The minimum atomic E-state index is -0.0921. The molecule has 108 valence electrons. The highest BCUT2D eigenvalue weighted by atomic mass is 16.5. The third kappa shape index (κ3) is 2.52. The summed E-state index contributed by atoms with van der Waals surface area (Å²) in [5.41, 5.74) is 7.31. The molecular formula is C16H22N2O2. The highest BCUT2D eigenvalue weighted by Gasteiger charge is 2.45. The average Bonchev–Trinajstić information content (AvgIpc) is 3.23. The van der Waals surface area contributed by atoms with Gasteiger partial charge in [0.25, 0.3) is 0 Å². The molecule has 3 rings (SSSR count). The van der Waals surface area contributed by atoms with Crippen LogP contribution >= 0.6 is 0 Å². The zero-order chi connectivity index (χ0) is 14.1. The maximum absolute atomic E-state index is 12.1. The molecule has 0 radical (unpaired) electrons. The lowest BCUT2D eigenvalue weighted by molar-refractivity contribution is -0.129. The number of hydrogen-bond donors (Lipinski definition) is 1. The second kappa shape index (κ2) is 5.44. The summed E-state index contributed by atoms with van der Waals surface area (Å²) < 4.78 is 5.60. The smallest absolute Gasteiger partial charge is 0.225 e. The van der Waals surface area contributed by atoms with Crippen LogP contribution in [0.25, 0.3) is 0 Å².